The Morgan fingerprint density at radius 1 is 1.36 bits per heavy atom. The van der Waals surface area contributed by atoms with Gasteiger partial charge in [0.1, 0.15) is 0 Å². The van der Waals surface area contributed by atoms with Crippen LogP contribution < -0.4 is 5.32 Å². The van der Waals surface area contributed by atoms with Crippen molar-refractivity contribution in [3.63, 3.8) is 0 Å². The Balaban J connectivity index is 1.82. The minimum Gasteiger partial charge on any atom is -0.348 e. The molecule has 0 amide bonds. The molecular formula is C7H14N2OS. The molecule has 11 heavy (non-hydrogen) atoms. The third kappa shape index (κ3) is 1.87. The van der Waals surface area contributed by atoms with Gasteiger partial charge >= 0.3 is 0 Å². The summed E-state index contributed by atoms with van der Waals surface area (Å²) >= 11 is 2.03. The average molecular weight is 174 g/mol. The summed E-state index contributed by atoms with van der Waals surface area (Å²) in [5, 5.41) is 3.32. The fraction of sp³-hybridized carbons (Fsp3) is 1.00. The van der Waals surface area contributed by atoms with Crippen LogP contribution in [-0.4, -0.2) is 49.0 Å². The molecule has 2 fully saturated rings. The first-order valence-electron chi connectivity index (χ1n) is 4.13. The van der Waals surface area contributed by atoms with Crippen molar-refractivity contribution in [2.75, 3.05) is 37.7 Å². The van der Waals surface area contributed by atoms with Crippen molar-refractivity contribution in [2.45, 2.75) is 6.35 Å². The highest BCUT2D eigenvalue weighted by molar-refractivity contribution is 7.99. The molecule has 0 saturated carbocycles. The molecule has 2 saturated heterocycles. The highest BCUT2D eigenvalue weighted by Gasteiger charge is 2.23. The van der Waals surface area contributed by atoms with E-state index in [1.807, 2.05) is 11.8 Å². The Labute approximate surface area is 71.5 Å². The first-order chi connectivity index (χ1) is 5.47. The van der Waals surface area contributed by atoms with Gasteiger partial charge in [0.2, 0.25) is 0 Å². The molecule has 1 N–H and O–H groups in total. The van der Waals surface area contributed by atoms with Crippen LogP contribution in [0.5, 0.6) is 0 Å². The van der Waals surface area contributed by atoms with Crippen molar-refractivity contribution in [1.82, 2.24) is 10.2 Å². The van der Waals surface area contributed by atoms with E-state index in [4.69, 9.17) is 4.74 Å². The predicted octanol–water partition coefficient (Wildman–Crippen LogP) is -0.0614. The van der Waals surface area contributed by atoms with Crippen LogP contribution >= 0.6 is 11.8 Å². The Hall–Kier alpha value is 0.230. The van der Waals surface area contributed by atoms with Crippen LogP contribution in [0.25, 0.3) is 0 Å². The fourth-order valence-corrected chi connectivity index (χ4v) is 2.39. The molecule has 4 heteroatoms. The normalized spacial score (nSPS) is 34.4. The number of nitrogens with one attached hydrogen (secondary N) is 1. The lowest BCUT2D eigenvalue weighted by Crippen LogP contribution is -2.46. The third-order valence-electron chi connectivity index (χ3n) is 2.07. The van der Waals surface area contributed by atoms with Gasteiger partial charge in [-0.25, -0.2) is 0 Å². The van der Waals surface area contributed by atoms with E-state index in [1.54, 1.807) is 0 Å². The lowest BCUT2D eigenvalue weighted by atomic mass is 10.5. The number of hydrogen-bond donors (Lipinski definition) is 1. The highest BCUT2D eigenvalue weighted by Crippen LogP contribution is 2.12. The van der Waals surface area contributed by atoms with Gasteiger partial charge in [0, 0.05) is 31.1 Å². The van der Waals surface area contributed by atoms with Crippen molar-refractivity contribution in [2.24, 2.45) is 0 Å². The highest BCUT2D eigenvalue weighted by atomic mass is 32.2. The number of thioether (sulfide) groups is 1. The van der Waals surface area contributed by atoms with E-state index in [2.05, 4.69) is 10.2 Å². The number of nitrogens with zero attached hydrogens (tertiary/aromatic N) is 1. The van der Waals surface area contributed by atoms with E-state index in [0.717, 1.165) is 13.2 Å². The van der Waals surface area contributed by atoms with Crippen LogP contribution in [0.1, 0.15) is 0 Å². The molecule has 2 rings (SSSR count). The van der Waals surface area contributed by atoms with Crippen molar-refractivity contribution in [3.05, 3.63) is 0 Å². The van der Waals surface area contributed by atoms with Gasteiger partial charge in [-0.15, -0.1) is 0 Å². The first-order valence-corrected chi connectivity index (χ1v) is 5.29. The van der Waals surface area contributed by atoms with E-state index in [-0.39, 0.29) is 6.35 Å². The van der Waals surface area contributed by atoms with Crippen LogP contribution in [0.4, 0.5) is 0 Å². The van der Waals surface area contributed by atoms with E-state index in [0.29, 0.717) is 0 Å². The van der Waals surface area contributed by atoms with Crippen molar-refractivity contribution >= 4 is 11.8 Å². The van der Waals surface area contributed by atoms with Gasteiger partial charge in [-0.1, -0.05) is 0 Å². The second kappa shape index (κ2) is 3.76. The van der Waals surface area contributed by atoms with E-state index >= 15 is 0 Å². The van der Waals surface area contributed by atoms with Crippen LogP contribution in [0.3, 0.4) is 0 Å². The van der Waals surface area contributed by atoms with Gasteiger partial charge in [0.25, 0.3) is 0 Å². The van der Waals surface area contributed by atoms with Crippen LogP contribution in [0.15, 0.2) is 0 Å². The molecule has 0 aromatic carbocycles. The van der Waals surface area contributed by atoms with Gasteiger partial charge in [-0.3, -0.25) is 10.2 Å². The first kappa shape index (κ1) is 7.86. The van der Waals surface area contributed by atoms with Crippen LogP contribution in [-0.2, 0) is 4.74 Å². The second-order valence-electron chi connectivity index (χ2n) is 2.83. The molecule has 64 valence electrons. The van der Waals surface area contributed by atoms with E-state index in [1.165, 1.54) is 24.6 Å². The Bertz CT molecular complexity index is 122. The summed E-state index contributed by atoms with van der Waals surface area (Å²) in [6.07, 6.45) is 0.218. The predicted molar refractivity (Wildman–Crippen MR) is 46.6 cm³/mol. The van der Waals surface area contributed by atoms with Crippen LogP contribution in [0, 0.1) is 0 Å². The molecule has 0 aliphatic carbocycles. The van der Waals surface area contributed by atoms with Crippen molar-refractivity contribution < 1.29 is 4.74 Å². The molecule has 2 aliphatic rings. The molecule has 0 aromatic heterocycles. The maximum absolute atomic E-state index is 5.50. The van der Waals surface area contributed by atoms with Crippen LogP contribution in [0.2, 0.25) is 0 Å². The molecular weight excluding hydrogens is 160 g/mol. The number of ether oxygens (including phenoxy) is 1. The minimum atomic E-state index is 0.218. The number of rotatable bonds is 1. The van der Waals surface area contributed by atoms with Crippen molar-refractivity contribution in [1.29, 1.82) is 0 Å². The topological polar surface area (TPSA) is 24.5 Å². The summed E-state index contributed by atoms with van der Waals surface area (Å²) in [5.41, 5.74) is 0. The molecule has 1 atom stereocenters. The lowest BCUT2D eigenvalue weighted by Gasteiger charge is -2.30. The van der Waals surface area contributed by atoms with Gasteiger partial charge in [0.05, 0.1) is 6.61 Å². The van der Waals surface area contributed by atoms with E-state index in [9.17, 15) is 0 Å². The Kier molecular flexibility index (Phi) is 2.68. The quantitative estimate of drug-likeness (QED) is 0.602. The molecule has 0 aromatic rings. The van der Waals surface area contributed by atoms with Crippen molar-refractivity contribution in [3.8, 4) is 0 Å². The summed E-state index contributed by atoms with van der Waals surface area (Å²) in [5.74, 6) is 2.50. The fourth-order valence-electron chi connectivity index (χ4n) is 1.46. The summed E-state index contributed by atoms with van der Waals surface area (Å²) < 4.78 is 5.50. The zero-order valence-corrected chi connectivity index (χ0v) is 7.40. The van der Waals surface area contributed by atoms with Gasteiger partial charge in [-0.05, 0) is 0 Å². The van der Waals surface area contributed by atoms with Gasteiger partial charge in [-0.2, -0.15) is 11.8 Å². The summed E-state index contributed by atoms with van der Waals surface area (Å²) in [4.78, 5) is 2.38. The zero-order valence-electron chi connectivity index (χ0n) is 6.58. The third-order valence-corrected chi connectivity index (χ3v) is 3.02. The van der Waals surface area contributed by atoms with Gasteiger partial charge in [0.15, 0.2) is 6.35 Å². The standard InChI is InChI=1S/C7H14N2OS/c1-4-10-7(8-1)9-2-5-11-6-3-9/h7-8H,1-6H2. The Morgan fingerprint density at radius 2 is 2.18 bits per heavy atom. The monoisotopic (exact) mass is 174 g/mol. The summed E-state index contributed by atoms with van der Waals surface area (Å²) in [7, 11) is 0. The molecule has 3 nitrogen and oxygen atoms in total. The molecule has 0 radical (unpaired) electrons. The molecule has 2 heterocycles. The molecule has 0 bridgehead atoms. The summed E-state index contributed by atoms with van der Waals surface area (Å²) in [6, 6.07) is 0. The SMILES string of the molecule is C1COC(N2CCSCC2)N1. The average Bonchev–Trinajstić information content (AvgIpc) is 2.58. The lowest BCUT2D eigenvalue weighted by molar-refractivity contribution is -0.0260. The largest absolute Gasteiger partial charge is 0.348 e. The maximum atomic E-state index is 5.50. The molecule has 2 aliphatic heterocycles. The maximum Gasteiger partial charge on any atom is 0.166 e. The molecule has 1 unspecified atom stereocenters. The second-order valence-corrected chi connectivity index (χ2v) is 4.05. The smallest absolute Gasteiger partial charge is 0.166 e. The zero-order chi connectivity index (χ0) is 7.52. The number of hydrogen-bond acceptors (Lipinski definition) is 4. The Morgan fingerprint density at radius 3 is 2.82 bits per heavy atom. The molecule has 0 spiro atoms. The summed E-state index contributed by atoms with van der Waals surface area (Å²) in [6.45, 7) is 4.22. The van der Waals surface area contributed by atoms with E-state index < -0.39 is 0 Å². The minimum absolute atomic E-state index is 0.218. The van der Waals surface area contributed by atoms with Gasteiger partial charge < -0.3 is 4.74 Å².